The van der Waals surface area contributed by atoms with Gasteiger partial charge in [-0.25, -0.2) is 0 Å². The van der Waals surface area contributed by atoms with E-state index >= 15 is 0 Å². The molecule has 1 atom stereocenters. The molecule has 1 heterocycles. The summed E-state index contributed by atoms with van der Waals surface area (Å²) in [5.41, 5.74) is 0.770. The fraction of sp³-hybridized carbons (Fsp3) is 0.500. The van der Waals surface area contributed by atoms with Crippen molar-refractivity contribution in [3.8, 4) is 0 Å². The molecule has 1 N–H and O–H groups in total. The molecule has 0 aromatic heterocycles. The molecule has 1 aliphatic rings. The molecule has 108 valence electrons. The molecule has 1 unspecified atom stereocenters. The van der Waals surface area contributed by atoms with E-state index in [4.69, 9.17) is 0 Å². The van der Waals surface area contributed by atoms with Gasteiger partial charge in [0.2, 0.25) is 11.8 Å². The van der Waals surface area contributed by atoms with Crippen LogP contribution in [0.4, 0.5) is 0 Å². The fourth-order valence-corrected chi connectivity index (χ4v) is 2.40. The lowest BCUT2D eigenvalue weighted by Gasteiger charge is -2.42. The van der Waals surface area contributed by atoms with Crippen molar-refractivity contribution >= 4 is 11.8 Å². The van der Waals surface area contributed by atoms with Gasteiger partial charge >= 0.3 is 0 Å². The zero-order valence-electron chi connectivity index (χ0n) is 12.3. The second-order valence-corrected chi connectivity index (χ2v) is 5.90. The second kappa shape index (κ2) is 5.65. The number of benzene rings is 1. The van der Waals surface area contributed by atoms with Crippen LogP contribution in [-0.4, -0.2) is 34.8 Å². The third-order valence-electron chi connectivity index (χ3n) is 4.08. The zero-order valence-corrected chi connectivity index (χ0v) is 12.3. The lowest BCUT2D eigenvalue weighted by Crippen LogP contribution is -2.63. The molecule has 0 aliphatic carbocycles. The highest BCUT2D eigenvalue weighted by Gasteiger charge is 2.39. The Balaban J connectivity index is 2.17. The molecule has 4 nitrogen and oxygen atoms in total. The van der Waals surface area contributed by atoms with Crippen molar-refractivity contribution in [2.75, 3.05) is 6.54 Å². The van der Waals surface area contributed by atoms with Crippen LogP contribution >= 0.6 is 0 Å². The maximum atomic E-state index is 12.6. The predicted octanol–water partition coefficient (Wildman–Crippen LogP) is 1.74. The number of rotatable bonds is 4. The van der Waals surface area contributed by atoms with Gasteiger partial charge in [0.05, 0.1) is 0 Å². The Bertz CT molecular complexity index is 496. The quantitative estimate of drug-likeness (QED) is 0.909. The minimum atomic E-state index is -0.454. The molecule has 1 aromatic carbocycles. The molecule has 1 aliphatic heterocycles. The molecule has 0 saturated carbocycles. The maximum absolute atomic E-state index is 12.6. The fourth-order valence-electron chi connectivity index (χ4n) is 2.40. The second-order valence-electron chi connectivity index (χ2n) is 5.90. The van der Waals surface area contributed by atoms with E-state index in [-0.39, 0.29) is 23.9 Å². The number of carbonyl (C=O) groups excluding carboxylic acids is 2. The Kier molecular flexibility index (Phi) is 4.12. The largest absolute Gasteiger partial charge is 0.342 e. The summed E-state index contributed by atoms with van der Waals surface area (Å²) < 4.78 is 0. The normalized spacial score (nSPS) is 19.9. The van der Waals surface area contributed by atoms with Crippen molar-refractivity contribution in [3.05, 3.63) is 35.9 Å². The minimum absolute atomic E-state index is 0.0142. The molecule has 1 saturated heterocycles. The molecule has 0 radical (unpaired) electrons. The van der Waals surface area contributed by atoms with Crippen LogP contribution < -0.4 is 5.32 Å². The first kappa shape index (κ1) is 14.6. The van der Waals surface area contributed by atoms with E-state index in [1.54, 1.807) is 4.90 Å². The molecule has 20 heavy (non-hydrogen) atoms. The van der Waals surface area contributed by atoms with Gasteiger partial charge in [-0.15, -0.1) is 0 Å². The van der Waals surface area contributed by atoms with Gasteiger partial charge in [-0.3, -0.25) is 9.59 Å². The highest BCUT2D eigenvalue weighted by molar-refractivity contribution is 5.95. The summed E-state index contributed by atoms with van der Waals surface area (Å²) in [5.74, 6) is -0.0626. The number of hydrogen-bond acceptors (Lipinski definition) is 2. The minimum Gasteiger partial charge on any atom is -0.342 e. The van der Waals surface area contributed by atoms with E-state index < -0.39 is 6.04 Å². The Morgan fingerprint density at radius 2 is 1.90 bits per heavy atom. The number of piperazine rings is 1. The van der Waals surface area contributed by atoms with Crippen LogP contribution in [0.5, 0.6) is 0 Å². The number of carbonyl (C=O) groups is 2. The number of nitrogens with zero attached hydrogens (tertiary/aromatic N) is 1. The van der Waals surface area contributed by atoms with Crippen molar-refractivity contribution in [3.63, 3.8) is 0 Å². The summed E-state index contributed by atoms with van der Waals surface area (Å²) in [7, 11) is 0. The lowest BCUT2D eigenvalue weighted by molar-refractivity contribution is -0.149. The van der Waals surface area contributed by atoms with Gasteiger partial charge in [-0.2, -0.15) is 0 Å². The first-order valence-corrected chi connectivity index (χ1v) is 7.09. The lowest BCUT2D eigenvalue weighted by atomic mass is 9.94. The summed E-state index contributed by atoms with van der Waals surface area (Å²) in [6.07, 6.45) is 1.37. The Morgan fingerprint density at radius 3 is 2.50 bits per heavy atom. The number of amides is 2. The van der Waals surface area contributed by atoms with Gasteiger partial charge in [0, 0.05) is 12.0 Å². The Labute approximate surface area is 120 Å². The molecule has 1 fully saturated rings. The first-order chi connectivity index (χ1) is 9.44. The van der Waals surface area contributed by atoms with Crippen LogP contribution in [0.1, 0.15) is 32.8 Å². The van der Waals surface area contributed by atoms with Crippen molar-refractivity contribution in [2.24, 2.45) is 0 Å². The summed E-state index contributed by atoms with van der Waals surface area (Å²) in [6, 6.07) is 9.32. The van der Waals surface area contributed by atoms with Crippen LogP contribution in [0.2, 0.25) is 0 Å². The molecular formula is C16H22N2O2. The van der Waals surface area contributed by atoms with Gasteiger partial charge < -0.3 is 10.2 Å². The van der Waals surface area contributed by atoms with Crippen LogP contribution in [0.25, 0.3) is 0 Å². The zero-order chi connectivity index (χ0) is 14.8. The van der Waals surface area contributed by atoms with Crippen molar-refractivity contribution in [2.45, 2.75) is 45.2 Å². The average molecular weight is 274 g/mol. The van der Waals surface area contributed by atoms with Gasteiger partial charge in [0.1, 0.15) is 12.6 Å². The van der Waals surface area contributed by atoms with E-state index in [0.29, 0.717) is 6.42 Å². The van der Waals surface area contributed by atoms with Crippen molar-refractivity contribution < 1.29 is 9.59 Å². The maximum Gasteiger partial charge on any atom is 0.246 e. The van der Waals surface area contributed by atoms with Crippen LogP contribution in [0.3, 0.4) is 0 Å². The van der Waals surface area contributed by atoms with E-state index in [0.717, 1.165) is 12.0 Å². The topological polar surface area (TPSA) is 49.4 Å². The molecule has 2 amide bonds. The molecule has 4 heteroatoms. The van der Waals surface area contributed by atoms with Crippen LogP contribution in [0.15, 0.2) is 30.3 Å². The van der Waals surface area contributed by atoms with Crippen LogP contribution in [0, 0.1) is 0 Å². The smallest absolute Gasteiger partial charge is 0.246 e. The predicted molar refractivity (Wildman–Crippen MR) is 78.2 cm³/mol. The Morgan fingerprint density at radius 1 is 1.25 bits per heavy atom. The van der Waals surface area contributed by atoms with Gasteiger partial charge in [-0.05, 0) is 25.8 Å². The van der Waals surface area contributed by atoms with E-state index in [1.807, 2.05) is 51.1 Å². The van der Waals surface area contributed by atoms with Gasteiger partial charge in [-0.1, -0.05) is 37.3 Å². The molecule has 0 spiro atoms. The summed E-state index contributed by atoms with van der Waals surface area (Å²) in [6.45, 7) is 6.20. The third kappa shape index (κ3) is 3.00. The molecule has 1 aromatic rings. The van der Waals surface area contributed by atoms with Crippen LogP contribution in [-0.2, 0) is 16.0 Å². The van der Waals surface area contributed by atoms with Crippen molar-refractivity contribution in [1.82, 2.24) is 10.2 Å². The molecule has 2 rings (SSSR count). The summed E-state index contributed by atoms with van der Waals surface area (Å²) >= 11 is 0. The molecular weight excluding hydrogens is 252 g/mol. The van der Waals surface area contributed by atoms with E-state index in [1.165, 1.54) is 0 Å². The van der Waals surface area contributed by atoms with Gasteiger partial charge in [0.25, 0.3) is 0 Å². The number of hydrogen-bond donors (Lipinski definition) is 1. The van der Waals surface area contributed by atoms with E-state index in [2.05, 4.69) is 5.32 Å². The SMILES string of the molecule is CCC(C)(C)N1CC(=O)NC(Cc2ccccc2)C1=O. The van der Waals surface area contributed by atoms with E-state index in [9.17, 15) is 9.59 Å². The average Bonchev–Trinajstić information content (AvgIpc) is 2.43. The highest BCUT2D eigenvalue weighted by Crippen LogP contribution is 2.22. The molecule has 0 bridgehead atoms. The first-order valence-electron chi connectivity index (χ1n) is 7.09. The standard InChI is InChI=1S/C16H22N2O2/c1-4-16(2,3)18-11-14(19)17-13(15(18)20)10-12-8-6-5-7-9-12/h5-9,13H,4,10-11H2,1-3H3,(H,17,19). The Hall–Kier alpha value is -1.84. The van der Waals surface area contributed by atoms with Gasteiger partial charge in [0.15, 0.2) is 0 Å². The third-order valence-corrected chi connectivity index (χ3v) is 4.08. The highest BCUT2D eigenvalue weighted by atomic mass is 16.2. The summed E-state index contributed by atoms with van der Waals surface area (Å²) in [5, 5.41) is 2.81. The summed E-state index contributed by atoms with van der Waals surface area (Å²) in [4.78, 5) is 26.2. The monoisotopic (exact) mass is 274 g/mol. The number of nitrogens with one attached hydrogen (secondary N) is 1. The van der Waals surface area contributed by atoms with Crippen molar-refractivity contribution in [1.29, 1.82) is 0 Å².